The minimum atomic E-state index is -0.485. The summed E-state index contributed by atoms with van der Waals surface area (Å²) in [6.45, 7) is 0. The van der Waals surface area contributed by atoms with Crippen molar-refractivity contribution in [3.63, 3.8) is 0 Å². The second-order valence-electron chi connectivity index (χ2n) is 15.7. The fraction of sp³-hybridized carbons (Fsp3) is 0.0175. The van der Waals surface area contributed by atoms with Gasteiger partial charge in [0.15, 0.2) is 5.58 Å². The van der Waals surface area contributed by atoms with Gasteiger partial charge in [-0.3, -0.25) is 4.40 Å². The Morgan fingerprint density at radius 3 is 1.68 bits per heavy atom. The summed E-state index contributed by atoms with van der Waals surface area (Å²) >= 11 is 0. The minimum absolute atomic E-state index is 0.485. The van der Waals surface area contributed by atoms with Gasteiger partial charge in [-0.1, -0.05) is 176 Å². The molecule has 0 radical (unpaired) electrons. The Balaban J connectivity index is 0.984. The molecule has 3 nitrogen and oxygen atoms in total. The van der Waals surface area contributed by atoms with Gasteiger partial charge in [-0.25, -0.2) is 0 Å². The average Bonchev–Trinajstić information content (AvgIpc) is 3.95. The van der Waals surface area contributed by atoms with Crippen molar-refractivity contribution in [2.45, 2.75) is 5.41 Å². The number of oxazole rings is 1. The number of para-hydroxylation sites is 2. The number of benzene rings is 9. The number of anilines is 3. The predicted molar refractivity (Wildman–Crippen MR) is 248 cm³/mol. The van der Waals surface area contributed by atoms with Crippen LogP contribution in [0.5, 0.6) is 0 Å². The summed E-state index contributed by atoms with van der Waals surface area (Å²) in [7, 11) is 0. The molecule has 0 saturated heterocycles. The van der Waals surface area contributed by atoms with Gasteiger partial charge >= 0.3 is 0 Å². The Hall–Kier alpha value is -7.88. The lowest BCUT2D eigenvalue weighted by molar-refractivity contribution is 0.658. The van der Waals surface area contributed by atoms with Gasteiger partial charge in [0, 0.05) is 22.4 Å². The highest BCUT2D eigenvalue weighted by atomic mass is 16.3. The Morgan fingerprint density at radius 2 is 0.950 bits per heavy atom. The summed E-state index contributed by atoms with van der Waals surface area (Å²) in [6, 6.07) is 83.3. The molecule has 0 N–H and O–H groups in total. The van der Waals surface area contributed by atoms with Crippen LogP contribution in [0.1, 0.15) is 22.3 Å². The molecule has 11 aromatic rings. The highest BCUT2D eigenvalue weighted by Gasteiger charge is 2.46. The quantitative estimate of drug-likeness (QED) is 0.161. The number of fused-ring (bicyclic) bond motifs is 8. The summed E-state index contributed by atoms with van der Waals surface area (Å²) in [6.07, 6.45) is 0. The highest BCUT2D eigenvalue weighted by molar-refractivity contribution is 6.07. The molecular weight excluding hydrogens is 729 g/mol. The molecule has 0 aliphatic heterocycles. The number of hydrogen-bond acceptors (Lipinski definition) is 2. The minimum Gasteiger partial charge on any atom is -0.438 e. The van der Waals surface area contributed by atoms with E-state index in [0.29, 0.717) is 0 Å². The summed E-state index contributed by atoms with van der Waals surface area (Å²) < 4.78 is 9.02. The molecule has 0 spiro atoms. The van der Waals surface area contributed by atoms with E-state index < -0.39 is 5.41 Å². The van der Waals surface area contributed by atoms with Crippen LogP contribution in [0.25, 0.3) is 61.1 Å². The van der Waals surface area contributed by atoms with E-state index in [0.717, 1.165) is 61.6 Å². The zero-order chi connectivity index (χ0) is 39.6. The predicted octanol–water partition coefficient (Wildman–Crippen LogP) is 15.0. The second kappa shape index (κ2) is 13.6. The van der Waals surface area contributed by atoms with Gasteiger partial charge < -0.3 is 9.32 Å². The van der Waals surface area contributed by atoms with E-state index in [-0.39, 0.29) is 0 Å². The van der Waals surface area contributed by atoms with Crippen LogP contribution in [-0.4, -0.2) is 4.40 Å². The smallest absolute Gasteiger partial charge is 0.213 e. The van der Waals surface area contributed by atoms with Crippen molar-refractivity contribution in [2.75, 3.05) is 4.90 Å². The van der Waals surface area contributed by atoms with Crippen molar-refractivity contribution < 1.29 is 4.42 Å². The van der Waals surface area contributed by atoms with Crippen LogP contribution in [0.3, 0.4) is 0 Å². The monoisotopic (exact) mass is 766 g/mol. The third-order valence-electron chi connectivity index (χ3n) is 12.5. The normalized spacial score (nSPS) is 12.8. The van der Waals surface area contributed by atoms with Crippen molar-refractivity contribution in [1.29, 1.82) is 0 Å². The van der Waals surface area contributed by atoms with E-state index in [4.69, 9.17) is 4.42 Å². The lowest BCUT2D eigenvalue weighted by Crippen LogP contribution is -2.28. The summed E-state index contributed by atoms with van der Waals surface area (Å²) in [5.41, 5.74) is 18.9. The van der Waals surface area contributed by atoms with Gasteiger partial charge in [0.05, 0.1) is 22.0 Å². The Morgan fingerprint density at radius 1 is 0.383 bits per heavy atom. The van der Waals surface area contributed by atoms with Gasteiger partial charge in [0.1, 0.15) is 0 Å². The molecule has 0 bridgehead atoms. The van der Waals surface area contributed by atoms with E-state index in [1.54, 1.807) is 0 Å². The molecule has 3 heteroatoms. The van der Waals surface area contributed by atoms with E-state index in [9.17, 15) is 0 Å². The third-order valence-corrected chi connectivity index (χ3v) is 12.5. The Bertz CT molecular complexity index is 3310. The molecule has 1 aliphatic carbocycles. The lowest BCUT2D eigenvalue weighted by Gasteiger charge is -2.35. The van der Waals surface area contributed by atoms with Crippen molar-refractivity contribution in [3.8, 4) is 33.4 Å². The second-order valence-corrected chi connectivity index (χ2v) is 15.7. The third kappa shape index (κ3) is 5.09. The number of hydrogen-bond donors (Lipinski definition) is 0. The van der Waals surface area contributed by atoms with Gasteiger partial charge in [-0.15, -0.1) is 0 Å². The fourth-order valence-corrected chi connectivity index (χ4v) is 9.90. The summed E-state index contributed by atoms with van der Waals surface area (Å²) in [4.78, 5) is 2.38. The number of nitrogens with zero attached hydrogens (tertiary/aromatic N) is 2. The molecule has 9 aromatic carbocycles. The first kappa shape index (κ1) is 34.2. The standard InChI is InChI=1S/C57H38N2O/c1-5-17-40(18-6-1)55-49-26-14-16-28-52(49)59-53-36-31-41(37-54(53)60-56(55)59)39-29-32-45(33-30-39)58(44-23-11-4-12-24-44)46-34-35-48-47-25-13-15-27-50(47)57(51(48)38-46,42-19-7-2-8-20-42)43-21-9-3-10-22-43/h1-38H. The van der Waals surface area contributed by atoms with Gasteiger partial charge in [0.25, 0.3) is 0 Å². The van der Waals surface area contributed by atoms with Crippen molar-refractivity contribution >= 4 is 44.8 Å². The fourth-order valence-electron chi connectivity index (χ4n) is 9.90. The molecule has 0 amide bonds. The van der Waals surface area contributed by atoms with Crippen LogP contribution in [0, 0.1) is 0 Å². The van der Waals surface area contributed by atoms with E-state index >= 15 is 0 Å². The maximum atomic E-state index is 6.76. The molecular formula is C57H38N2O. The number of rotatable bonds is 7. The molecule has 0 fully saturated rings. The Kier molecular flexibility index (Phi) is 7.76. The van der Waals surface area contributed by atoms with Crippen LogP contribution in [0.2, 0.25) is 0 Å². The topological polar surface area (TPSA) is 20.8 Å². The maximum Gasteiger partial charge on any atom is 0.213 e. The van der Waals surface area contributed by atoms with Gasteiger partial charge in [0.2, 0.25) is 5.71 Å². The van der Waals surface area contributed by atoms with E-state index in [2.05, 4.69) is 240 Å². The largest absolute Gasteiger partial charge is 0.438 e. The van der Waals surface area contributed by atoms with E-state index in [1.165, 1.54) is 38.8 Å². The van der Waals surface area contributed by atoms with Crippen molar-refractivity contribution in [1.82, 2.24) is 4.40 Å². The average molecular weight is 767 g/mol. The van der Waals surface area contributed by atoms with Gasteiger partial charge in [-0.2, -0.15) is 0 Å². The summed E-state index contributed by atoms with van der Waals surface area (Å²) in [5, 5.41) is 1.19. The van der Waals surface area contributed by atoms with Crippen LogP contribution in [-0.2, 0) is 5.41 Å². The Labute approximate surface area is 348 Å². The van der Waals surface area contributed by atoms with Gasteiger partial charge in [-0.05, 0) is 105 Å². The summed E-state index contributed by atoms with van der Waals surface area (Å²) in [5.74, 6) is 0. The molecule has 0 atom stereocenters. The molecule has 1 aliphatic rings. The highest BCUT2D eigenvalue weighted by Crippen LogP contribution is 2.57. The lowest BCUT2D eigenvalue weighted by atomic mass is 9.67. The van der Waals surface area contributed by atoms with Crippen LogP contribution >= 0.6 is 0 Å². The van der Waals surface area contributed by atoms with E-state index in [1.807, 2.05) is 0 Å². The van der Waals surface area contributed by atoms with Crippen molar-refractivity contribution in [2.24, 2.45) is 0 Å². The first-order valence-corrected chi connectivity index (χ1v) is 20.6. The molecule has 2 aromatic heterocycles. The van der Waals surface area contributed by atoms with Crippen LogP contribution < -0.4 is 4.90 Å². The number of aromatic nitrogens is 1. The molecule has 282 valence electrons. The maximum absolute atomic E-state index is 6.76. The molecule has 12 rings (SSSR count). The molecule has 2 heterocycles. The molecule has 0 saturated carbocycles. The molecule has 0 unspecified atom stereocenters. The van der Waals surface area contributed by atoms with Crippen LogP contribution in [0.4, 0.5) is 17.1 Å². The first-order chi connectivity index (χ1) is 29.8. The molecule has 60 heavy (non-hydrogen) atoms. The first-order valence-electron chi connectivity index (χ1n) is 20.6. The SMILES string of the molecule is c1ccc(-c2c3ccccc3n3c2oc2cc(-c4ccc(N(c5ccccc5)c5ccc6c(c5)C(c5ccccc5)(c5ccccc5)c5ccccc5-6)cc4)ccc23)cc1. The van der Waals surface area contributed by atoms with Crippen molar-refractivity contribution in [3.05, 3.63) is 253 Å². The van der Waals surface area contributed by atoms with Crippen LogP contribution in [0.15, 0.2) is 235 Å². The zero-order valence-corrected chi connectivity index (χ0v) is 32.7. The zero-order valence-electron chi connectivity index (χ0n) is 32.7.